The van der Waals surface area contributed by atoms with Crippen LogP contribution in [0.5, 0.6) is 0 Å². The van der Waals surface area contributed by atoms with Gasteiger partial charge in [0.1, 0.15) is 0 Å². The van der Waals surface area contributed by atoms with Crippen LogP contribution in [-0.4, -0.2) is 40.6 Å². The molecule has 1 aliphatic rings. The van der Waals surface area contributed by atoms with E-state index in [-0.39, 0.29) is 23.5 Å². The smallest absolute Gasteiger partial charge is 0.317 e. The van der Waals surface area contributed by atoms with Gasteiger partial charge >= 0.3 is 12.0 Å². The van der Waals surface area contributed by atoms with Gasteiger partial charge in [0.2, 0.25) is 0 Å². The maximum Gasteiger partial charge on any atom is 0.317 e. The topological polar surface area (TPSA) is 69.6 Å². The van der Waals surface area contributed by atoms with Crippen LogP contribution in [0.15, 0.2) is 0 Å². The molecular weight excluding hydrogens is 256 g/mol. The molecule has 1 heterocycles. The van der Waals surface area contributed by atoms with Gasteiger partial charge in [0.05, 0.1) is 5.92 Å². The van der Waals surface area contributed by atoms with Gasteiger partial charge in [0, 0.05) is 18.6 Å². The molecule has 0 aliphatic carbocycles. The fourth-order valence-corrected chi connectivity index (χ4v) is 2.78. The van der Waals surface area contributed by atoms with Gasteiger partial charge in [-0.3, -0.25) is 4.79 Å². The highest BCUT2D eigenvalue weighted by atomic mass is 16.4. The maximum atomic E-state index is 12.2. The van der Waals surface area contributed by atoms with Gasteiger partial charge < -0.3 is 15.3 Å². The number of nitrogens with zero attached hydrogens (tertiary/aromatic N) is 1. The number of likely N-dealkylation sites (tertiary alicyclic amines) is 1. The van der Waals surface area contributed by atoms with Crippen LogP contribution in [0.4, 0.5) is 4.79 Å². The van der Waals surface area contributed by atoms with E-state index in [1.165, 1.54) is 0 Å². The number of carbonyl (C=O) groups excluding carboxylic acids is 1. The Labute approximate surface area is 121 Å². The largest absolute Gasteiger partial charge is 0.481 e. The normalized spacial score (nSPS) is 19.8. The lowest BCUT2D eigenvalue weighted by molar-refractivity contribution is -0.142. The first-order chi connectivity index (χ1) is 9.03. The molecule has 2 N–H and O–H groups in total. The van der Waals surface area contributed by atoms with Gasteiger partial charge in [-0.2, -0.15) is 0 Å². The second-order valence-electron chi connectivity index (χ2n) is 7.55. The van der Waals surface area contributed by atoms with E-state index >= 15 is 0 Å². The number of amides is 2. The summed E-state index contributed by atoms with van der Waals surface area (Å²) in [5, 5.41) is 12.0. The lowest BCUT2D eigenvalue weighted by atomic mass is 9.84. The van der Waals surface area contributed by atoms with E-state index in [1.807, 2.05) is 39.5 Å². The molecule has 5 nitrogen and oxygen atoms in total. The Morgan fingerprint density at radius 1 is 1.35 bits per heavy atom. The monoisotopic (exact) mass is 284 g/mol. The van der Waals surface area contributed by atoms with Crippen molar-refractivity contribution < 1.29 is 14.7 Å². The number of rotatable bonds is 4. The lowest BCUT2D eigenvalue weighted by Gasteiger charge is -2.32. The molecular formula is C15H28N2O3. The number of carboxylic acid groups (broad SMARTS) is 1. The first-order valence-electron chi connectivity index (χ1n) is 7.31. The fraction of sp³-hybridized carbons (Fsp3) is 0.867. The first-order valence-corrected chi connectivity index (χ1v) is 7.31. The van der Waals surface area contributed by atoms with Crippen LogP contribution in [0.2, 0.25) is 0 Å². The number of carboxylic acids is 1. The number of carbonyl (C=O) groups is 2. The number of nitrogens with one attached hydrogen (secondary N) is 1. The van der Waals surface area contributed by atoms with Crippen LogP contribution in [-0.2, 0) is 4.79 Å². The van der Waals surface area contributed by atoms with Crippen molar-refractivity contribution in [2.24, 2.45) is 11.3 Å². The molecule has 0 spiro atoms. The van der Waals surface area contributed by atoms with Crippen LogP contribution in [0, 0.1) is 11.3 Å². The predicted octanol–water partition coefficient (Wildman–Crippen LogP) is 2.71. The van der Waals surface area contributed by atoms with Crippen LogP contribution >= 0.6 is 0 Å². The molecule has 1 unspecified atom stereocenters. The van der Waals surface area contributed by atoms with E-state index in [1.54, 1.807) is 0 Å². The van der Waals surface area contributed by atoms with Crippen molar-refractivity contribution in [3.63, 3.8) is 0 Å². The molecule has 0 aromatic rings. The highest BCUT2D eigenvalue weighted by Crippen LogP contribution is 2.28. The van der Waals surface area contributed by atoms with Crippen molar-refractivity contribution in [1.29, 1.82) is 0 Å². The molecule has 1 rings (SSSR count). The minimum Gasteiger partial charge on any atom is -0.481 e. The Morgan fingerprint density at radius 2 is 1.95 bits per heavy atom. The lowest BCUT2D eigenvalue weighted by Crippen LogP contribution is -2.49. The molecule has 0 bridgehead atoms. The van der Waals surface area contributed by atoms with Crippen LogP contribution in [0.1, 0.15) is 53.9 Å². The Bertz CT molecular complexity index is 372. The summed E-state index contributed by atoms with van der Waals surface area (Å²) in [6.07, 6.45) is 2.54. The summed E-state index contributed by atoms with van der Waals surface area (Å²) < 4.78 is 0. The van der Waals surface area contributed by atoms with Crippen molar-refractivity contribution in [2.75, 3.05) is 13.1 Å². The number of hydrogen-bond donors (Lipinski definition) is 2. The number of urea groups is 1. The minimum absolute atomic E-state index is 0.0688. The molecule has 1 aliphatic heterocycles. The van der Waals surface area contributed by atoms with Crippen molar-refractivity contribution in [3.8, 4) is 0 Å². The van der Waals surface area contributed by atoms with Crippen LogP contribution in [0.3, 0.4) is 0 Å². The highest BCUT2D eigenvalue weighted by Gasteiger charge is 2.35. The standard InChI is InChI=1S/C15H28N2O3/c1-14(2,3)9-11(12(18)19)10-16-13(20)17-8-6-7-15(17,4)5/h11H,6-10H2,1-5H3,(H,16,20)(H,18,19). The SMILES string of the molecule is CC(C)(C)CC(CNC(=O)N1CCCC1(C)C)C(=O)O. The Morgan fingerprint density at radius 3 is 2.35 bits per heavy atom. The van der Waals surface area contributed by atoms with Crippen molar-refractivity contribution in [2.45, 2.75) is 59.4 Å². The number of aliphatic carboxylic acids is 1. The molecule has 116 valence electrons. The molecule has 0 saturated carbocycles. The molecule has 5 heteroatoms. The molecule has 0 aromatic heterocycles. The summed E-state index contributed by atoms with van der Waals surface area (Å²) in [5.41, 5.74) is -0.201. The first kappa shape index (κ1) is 16.8. The van der Waals surface area contributed by atoms with E-state index < -0.39 is 11.9 Å². The summed E-state index contributed by atoms with van der Waals surface area (Å²) in [6, 6.07) is -0.146. The molecule has 1 saturated heterocycles. The second-order valence-corrected chi connectivity index (χ2v) is 7.55. The zero-order valence-corrected chi connectivity index (χ0v) is 13.3. The Balaban J connectivity index is 2.55. The Kier molecular flexibility index (Phi) is 5.05. The summed E-state index contributed by atoms with van der Waals surface area (Å²) >= 11 is 0. The molecule has 1 atom stereocenters. The van der Waals surface area contributed by atoms with Gasteiger partial charge in [0.25, 0.3) is 0 Å². The van der Waals surface area contributed by atoms with Gasteiger partial charge in [-0.05, 0) is 38.5 Å². The van der Waals surface area contributed by atoms with Gasteiger partial charge in [-0.25, -0.2) is 4.79 Å². The van der Waals surface area contributed by atoms with E-state index in [2.05, 4.69) is 5.32 Å². The van der Waals surface area contributed by atoms with Crippen LogP contribution in [0.25, 0.3) is 0 Å². The van der Waals surface area contributed by atoms with E-state index in [0.717, 1.165) is 19.4 Å². The molecule has 0 aromatic carbocycles. The van der Waals surface area contributed by atoms with Crippen molar-refractivity contribution in [3.05, 3.63) is 0 Å². The second kappa shape index (κ2) is 6.02. The zero-order chi connectivity index (χ0) is 15.6. The minimum atomic E-state index is -0.846. The zero-order valence-electron chi connectivity index (χ0n) is 13.3. The third kappa shape index (κ3) is 4.69. The molecule has 2 amide bonds. The van der Waals surface area contributed by atoms with Gasteiger partial charge in [-0.15, -0.1) is 0 Å². The number of hydrogen-bond acceptors (Lipinski definition) is 2. The highest BCUT2D eigenvalue weighted by molar-refractivity contribution is 5.77. The summed E-state index contributed by atoms with van der Waals surface area (Å²) in [6.45, 7) is 11.1. The van der Waals surface area contributed by atoms with Crippen LogP contribution < -0.4 is 5.32 Å². The van der Waals surface area contributed by atoms with E-state index in [4.69, 9.17) is 0 Å². The van der Waals surface area contributed by atoms with Gasteiger partial charge in [-0.1, -0.05) is 20.8 Å². The summed E-state index contributed by atoms with van der Waals surface area (Å²) in [5.74, 6) is -1.38. The maximum absolute atomic E-state index is 12.2. The average molecular weight is 284 g/mol. The van der Waals surface area contributed by atoms with Crippen molar-refractivity contribution in [1.82, 2.24) is 10.2 Å². The predicted molar refractivity (Wildman–Crippen MR) is 78.6 cm³/mol. The van der Waals surface area contributed by atoms with Gasteiger partial charge in [0.15, 0.2) is 0 Å². The summed E-state index contributed by atoms with van der Waals surface area (Å²) in [7, 11) is 0. The Hall–Kier alpha value is -1.26. The third-order valence-electron chi connectivity index (χ3n) is 3.85. The third-order valence-corrected chi connectivity index (χ3v) is 3.85. The summed E-state index contributed by atoms with van der Waals surface area (Å²) in [4.78, 5) is 25.3. The molecule has 0 radical (unpaired) electrons. The van der Waals surface area contributed by atoms with Crippen molar-refractivity contribution >= 4 is 12.0 Å². The van der Waals surface area contributed by atoms with E-state index in [9.17, 15) is 14.7 Å². The molecule has 20 heavy (non-hydrogen) atoms. The molecule has 1 fully saturated rings. The fourth-order valence-electron chi connectivity index (χ4n) is 2.78. The average Bonchev–Trinajstić information content (AvgIpc) is 2.62. The van der Waals surface area contributed by atoms with E-state index in [0.29, 0.717) is 6.42 Å². The quantitative estimate of drug-likeness (QED) is 0.834.